The second-order valence-corrected chi connectivity index (χ2v) is 5.69. The second-order valence-electron chi connectivity index (χ2n) is 5.69. The quantitative estimate of drug-likeness (QED) is 0.537. The van der Waals surface area contributed by atoms with Crippen molar-refractivity contribution in [1.82, 2.24) is 30.0 Å². The van der Waals surface area contributed by atoms with Gasteiger partial charge in [-0.1, -0.05) is 12.1 Å². The molecule has 11 heteroatoms. The fourth-order valence-electron chi connectivity index (χ4n) is 2.65. The normalized spacial score (nSPS) is 10.7. The first-order valence-corrected chi connectivity index (χ1v) is 7.68. The zero-order valence-corrected chi connectivity index (χ0v) is 14.4. The molecular formula is C15H16N8O3. The van der Waals surface area contributed by atoms with Crippen molar-refractivity contribution in [3.05, 3.63) is 45.8 Å². The third kappa shape index (κ3) is 3.27. The van der Waals surface area contributed by atoms with E-state index in [0.29, 0.717) is 17.2 Å². The molecule has 2 heterocycles. The molecule has 3 rings (SSSR count). The molecule has 0 bridgehead atoms. The molecule has 0 fully saturated rings. The first-order valence-electron chi connectivity index (χ1n) is 7.68. The van der Waals surface area contributed by atoms with Crippen LogP contribution in [0.25, 0.3) is 11.4 Å². The first kappa shape index (κ1) is 17.2. The molecule has 0 spiro atoms. The van der Waals surface area contributed by atoms with Crippen LogP contribution in [-0.4, -0.2) is 40.8 Å². The molecule has 11 nitrogen and oxygen atoms in total. The molecule has 0 atom stereocenters. The van der Waals surface area contributed by atoms with E-state index in [1.54, 1.807) is 32.2 Å². The maximum Gasteiger partial charge on any atom is 0.312 e. The standard InChI is InChI=1S/C15H16N8O3/c1-9-14(23(25)26)10(2)22(18-9)8-13(24)16-12-6-4-5-11(7-12)15-17-19-20-21(15)3/h4-7H,8H2,1-3H3,(H,16,24). The number of nitrogens with zero attached hydrogens (tertiary/aromatic N) is 7. The van der Waals surface area contributed by atoms with Gasteiger partial charge in [-0.25, -0.2) is 4.68 Å². The lowest BCUT2D eigenvalue weighted by Gasteiger charge is -2.08. The Morgan fingerprint density at radius 2 is 2.12 bits per heavy atom. The number of rotatable bonds is 5. The molecule has 26 heavy (non-hydrogen) atoms. The van der Waals surface area contributed by atoms with Crippen molar-refractivity contribution in [1.29, 1.82) is 0 Å². The van der Waals surface area contributed by atoms with E-state index < -0.39 is 4.92 Å². The van der Waals surface area contributed by atoms with Gasteiger partial charge in [0.2, 0.25) is 5.91 Å². The van der Waals surface area contributed by atoms with E-state index in [2.05, 4.69) is 25.9 Å². The van der Waals surface area contributed by atoms with Crippen LogP contribution in [0, 0.1) is 24.0 Å². The molecule has 1 N–H and O–H groups in total. The Morgan fingerprint density at radius 1 is 1.35 bits per heavy atom. The molecular weight excluding hydrogens is 340 g/mol. The number of nitro groups is 1. The zero-order chi connectivity index (χ0) is 18.8. The van der Waals surface area contributed by atoms with E-state index in [1.807, 2.05) is 6.07 Å². The molecule has 3 aromatic rings. The SMILES string of the molecule is Cc1nn(CC(=O)Nc2cccc(-c3nnnn3C)c2)c(C)c1[N+](=O)[O-]. The van der Waals surface area contributed by atoms with Crippen LogP contribution in [0.4, 0.5) is 11.4 Å². The van der Waals surface area contributed by atoms with Gasteiger partial charge >= 0.3 is 5.69 Å². The number of nitrogens with one attached hydrogen (secondary N) is 1. The first-order chi connectivity index (χ1) is 12.4. The van der Waals surface area contributed by atoms with Gasteiger partial charge in [-0.05, 0) is 36.4 Å². The number of benzene rings is 1. The number of tetrazole rings is 1. The number of hydrogen-bond acceptors (Lipinski definition) is 7. The molecule has 1 amide bonds. The van der Waals surface area contributed by atoms with Crippen LogP contribution in [0.1, 0.15) is 11.4 Å². The molecule has 0 radical (unpaired) electrons. The van der Waals surface area contributed by atoms with Gasteiger partial charge in [0.15, 0.2) is 5.82 Å². The number of carbonyl (C=O) groups excluding carboxylic acids is 1. The predicted molar refractivity (Wildman–Crippen MR) is 91.2 cm³/mol. The number of carbonyl (C=O) groups is 1. The lowest BCUT2D eigenvalue weighted by Crippen LogP contribution is -2.20. The van der Waals surface area contributed by atoms with Crippen LogP contribution >= 0.6 is 0 Å². The molecule has 0 saturated heterocycles. The molecule has 0 aliphatic heterocycles. The van der Waals surface area contributed by atoms with Gasteiger partial charge < -0.3 is 5.32 Å². The van der Waals surface area contributed by atoms with Gasteiger partial charge in [-0.3, -0.25) is 19.6 Å². The van der Waals surface area contributed by atoms with Crippen LogP contribution in [-0.2, 0) is 18.4 Å². The summed E-state index contributed by atoms with van der Waals surface area (Å²) >= 11 is 0. The van der Waals surface area contributed by atoms with Gasteiger partial charge in [-0.2, -0.15) is 5.10 Å². The highest BCUT2D eigenvalue weighted by atomic mass is 16.6. The van der Waals surface area contributed by atoms with Crippen molar-refractivity contribution in [2.45, 2.75) is 20.4 Å². The molecule has 2 aromatic heterocycles. The molecule has 134 valence electrons. The van der Waals surface area contributed by atoms with E-state index in [4.69, 9.17) is 0 Å². The van der Waals surface area contributed by atoms with Crippen molar-refractivity contribution in [3.63, 3.8) is 0 Å². The summed E-state index contributed by atoms with van der Waals surface area (Å²) in [5, 5.41) is 29.2. The number of aromatic nitrogens is 6. The van der Waals surface area contributed by atoms with Crippen LogP contribution < -0.4 is 5.32 Å². The molecule has 1 aromatic carbocycles. The Balaban J connectivity index is 1.76. The molecule has 0 saturated carbocycles. The smallest absolute Gasteiger partial charge is 0.312 e. The lowest BCUT2D eigenvalue weighted by molar-refractivity contribution is -0.386. The third-order valence-electron chi connectivity index (χ3n) is 3.84. The third-order valence-corrected chi connectivity index (χ3v) is 3.84. The lowest BCUT2D eigenvalue weighted by atomic mass is 10.2. The summed E-state index contributed by atoms with van der Waals surface area (Å²) in [7, 11) is 1.72. The number of aryl methyl sites for hydroxylation is 2. The highest BCUT2D eigenvalue weighted by molar-refractivity contribution is 5.91. The van der Waals surface area contributed by atoms with Crippen molar-refractivity contribution in [2.75, 3.05) is 5.32 Å². The summed E-state index contributed by atoms with van der Waals surface area (Å²) in [4.78, 5) is 22.9. The van der Waals surface area contributed by atoms with Crippen LogP contribution in [0.2, 0.25) is 0 Å². The number of hydrogen-bond donors (Lipinski definition) is 1. The Kier molecular flexibility index (Phi) is 4.43. The Morgan fingerprint density at radius 3 is 2.73 bits per heavy atom. The van der Waals surface area contributed by atoms with Crippen LogP contribution in [0.15, 0.2) is 24.3 Å². The fraction of sp³-hybridized carbons (Fsp3) is 0.267. The minimum Gasteiger partial charge on any atom is -0.324 e. The van der Waals surface area contributed by atoms with Crippen LogP contribution in [0.3, 0.4) is 0 Å². The summed E-state index contributed by atoms with van der Waals surface area (Å²) in [6.45, 7) is 2.97. The maximum absolute atomic E-state index is 12.3. The van der Waals surface area contributed by atoms with Gasteiger partial charge in [-0.15, -0.1) is 5.10 Å². The number of anilines is 1. The Hall–Kier alpha value is -3.63. The topological polar surface area (TPSA) is 134 Å². The Bertz CT molecular complexity index is 991. The van der Waals surface area contributed by atoms with Gasteiger partial charge in [0.25, 0.3) is 0 Å². The molecule has 0 aliphatic carbocycles. The largest absolute Gasteiger partial charge is 0.324 e. The molecule has 0 unspecified atom stereocenters. The van der Waals surface area contributed by atoms with Crippen molar-refractivity contribution >= 4 is 17.3 Å². The minimum absolute atomic E-state index is 0.0745. The zero-order valence-electron chi connectivity index (χ0n) is 14.4. The second kappa shape index (κ2) is 6.70. The van der Waals surface area contributed by atoms with Crippen LogP contribution in [0.5, 0.6) is 0 Å². The summed E-state index contributed by atoms with van der Waals surface area (Å²) in [5.41, 5.74) is 1.84. The van der Waals surface area contributed by atoms with E-state index in [-0.39, 0.29) is 23.8 Å². The van der Waals surface area contributed by atoms with Gasteiger partial charge in [0.05, 0.1) is 4.92 Å². The number of amides is 1. The van der Waals surface area contributed by atoms with Crippen molar-refractivity contribution < 1.29 is 9.72 Å². The summed E-state index contributed by atoms with van der Waals surface area (Å²) in [6.07, 6.45) is 0. The van der Waals surface area contributed by atoms with Gasteiger partial charge in [0.1, 0.15) is 17.9 Å². The van der Waals surface area contributed by atoms with E-state index >= 15 is 0 Å². The Labute approximate surface area is 147 Å². The van der Waals surface area contributed by atoms with Crippen molar-refractivity contribution in [2.24, 2.45) is 7.05 Å². The minimum atomic E-state index is -0.496. The van der Waals surface area contributed by atoms with E-state index in [0.717, 1.165) is 5.56 Å². The monoisotopic (exact) mass is 356 g/mol. The van der Waals surface area contributed by atoms with E-state index in [1.165, 1.54) is 16.3 Å². The van der Waals surface area contributed by atoms with Gasteiger partial charge in [0, 0.05) is 18.3 Å². The average Bonchev–Trinajstić information content (AvgIpc) is 3.11. The highest BCUT2D eigenvalue weighted by Gasteiger charge is 2.22. The summed E-state index contributed by atoms with van der Waals surface area (Å²) in [5.74, 6) is 0.217. The van der Waals surface area contributed by atoms with E-state index in [9.17, 15) is 14.9 Å². The average molecular weight is 356 g/mol. The summed E-state index contributed by atoms with van der Waals surface area (Å²) in [6, 6.07) is 7.07. The van der Waals surface area contributed by atoms with Crippen molar-refractivity contribution in [3.8, 4) is 11.4 Å². The maximum atomic E-state index is 12.3. The molecule has 0 aliphatic rings. The fourth-order valence-corrected chi connectivity index (χ4v) is 2.65. The predicted octanol–water partition coefficient (Wildman–Crippen LogP) is 1.24. The highest BCUT2D eigenvalue weighted by Crippen LogP contribution is 2.22. The summed E-state index contributed by atoms with van der Waals surface area (Å²) < 4.78 is 2.84.